The summed E-state index contributed by atoms with van der Waals surface area (Å²) >= 11 is 0. The molecule has 0 N–H and O–H groups in total. The van der Waals surface area contributed by atoms with Crippen molar-refractivity contribution in [3.05, 3.63) is 29.3 Å². The Hall–Kier alpha value is -1.25. The maximum Gasteiger partial charge on any atom is 0.216 e. The first-order chi connectivity index (χ1) is 5.29. The highest BCUT2D eigenvalue weighted by Gasteiger charge is 2.05. The van der Waals surface area contributed by atoms with E-state index in [2.05, 4.69) is 4.98 Å². The first-order valence-electron chi connectivity index (χ1n) is 3.38. The van der Waals surface area contributed by atoms with Crippen molar-refractivity contribution in [1.29, 1.82) is 0 Å². The highest BCUT2D eigenvalue weighted by atomic mass is 19.1. The third-order valence-corrected chi connectivity index (χ3v) is 1.52. The van der Waals surface area contributed by atoms with Gasteiger partial charge in [0.25, 0.3) is 0 Å². The molecule has 0 amide bonds. The van der Waals surface area contributed by atoms with Crippen LogP contribution in [0.25, 0.3) is 0 Å². The highest BCUT2D eigenvalue weighted by molar-refractivity contribution is 5.76. The summed E-state index contributed by atoms with van der Waals surface area (Å²) in [5.74, 6) is -0.544. The monoisotopic (exact) mass is 153 g/mol. The van der Waals surface area contributed by atoms with Gasteiger partial charge in [-0.3, -0.25) is 4.79 Å². The SMILES string of the molecule is CCc1c(C=O)ccnc1F. The Bertz CT molecular complexity index is 273. The quantitative estimate of drug-likeness (QED) is 0.477. The lowest BCUT2D eigenvalue weighted by molar-refractivity contribution is 0.112. The Kier molecular flexibility index (Phi) is 2.31. The molecule has 0 spiro atoms. The van der Waals surface area contributed by atoms with Crippen LogP contribution < -0.4 is 0 Å². The van der Waals surface area contributed by atoms with Gasteiger partial charge in [-0.05, 0) is 12.5 Å². The molecule has 3 heteroatoms. The van der Waals surface area contributed by atoms with Crippen LogP contribution in [0.4, 0.5) is 4.39 Å². The summed E-state index contributed by atoms with van der Waals surface area (Å²) in [6.45, 7) is 1.78. The van der Waals surface area contributed by atoms with Gasteiger partial charge in [0.15, 0.2) is 6.29 Å². The second-order valence-corrected chi connectivity index (χ2v) is 2.14. The Morgan fingerprint density at radius 2 is 2.45 bits per heavy atom. The van der Waals surface area contributed by atoms with Gasteiger partial charge in [0, 0.05) is 17.3 Å². The largest absolute Gasteiger partial charge is 0.298 e. The Labute approximate surface area is 64.1 Å². The van der Waals surface area contributed by atoms with Crippen LogP contribution in [0.5, 0.6) is 0 Å². The fraction of sp³-hybridized carbons (Fsp3) is 0.250. The molecule has 0 atom stereocenters. The van der Waals surface area contributed by atoms with Crippen molar-refractivity contribution in [2.45, 2.75) is 13.3 Å². The molecule has 1 heterocycles. The molecular weight excluding hydrogens is 145 g/mol. The summed E-state index contributed by atoms with van der Waals surface area (Å²) in [4.78, 5) is 13.8. The second kappa shape index (κ2) is 3.23. The topological polar surface area (TPSA) is 30.0 Å². The average molecular weight is 153 g/mol. The molecule has 1 aromatic rings. The lowest BCUT2D eigenvalue weighted by Crippen LogP contribution is -1.97. The fourth-order valence-corrected chi connectivity index (χ4v) is 0.941. The summed E-state index contributed by atoms with van der Waals surface area (Å²) in [7, 11) is 0. The molecular formula is C8H8FNO. The van der Waals surface area contributed by atoms with Crippen molar-refractivity contribution in [2.24, 2.45) is 0 Å². The van der Waals surface area contributed by atoms with Gasteiger partial charge in [-0.1, -0.05) is 6.92 Å². The van der Waals surface area contributed by atoms with Gasteiger partial charge in [0.1, 0.15) is 0 Å². The molecule has 11 heavy (non-hydrogen) atoms. The van der Waals surface area contributed by atoms with E-state index in [1.54, 1.807) is 6.92 Å². The van der Waals surface area contributed by atoms with Crippen molar-refractivity contribution in [1.82, 2.24) is 4.98 Å². The van der Waals surface area contributed by atoms with E-state index in [0.717, 1.165) is 0 Å². The van der Waals surface area contributed by atoms with Gasteiger partial charge in [-0.15, -0.1) is 0 Å². The van der Waals surface area contributed by atoms with Gasteiger partial charge < -0.3 is 0 Å². The molecule has 58 valence electrons. The van der Waals surface area contributed by atoms with E-state index in [4.69, 9.17) is 0 Å². The number of rotatable bonds is 2. The molecule has 0 aliphatic carbocycles. The molecule has 0 aliphatic heterocycles. The predicted octanol–water partition coefficient (Wildman–Crippen LogP) is 1.60. The van der Waals surface area contributed by atoms with E-state index in [0.29, 0.717) is 23.8 Å². The zero-order valence-corrected chi connectivity index (χ0v) is 6.17. The molecule has 0 aromatic carbocycles. The van der Waals surface area contributed by atoms with E-state index in [-0.39, 0.29) is 0 Å². The molecule has 0 fully saturated rings. The minimum absolute atomic E-state index is 0.389. The minimum Gasteiger partial charge on any atom is -0.298 e. The number of hydrogen-bond acceptors (Lipinski definition) is 2. The molecule has 0 saturated heterocycles. The third kappa shape index (κ3) is 1.42. The lowest BCUT2D eigenvalue weighted by atomic mass is 10.1. The maximum absolute atomic E-state index is 12.8. The van der Waals surface area contributed by atoms with Crippen molar-refractivity contribution in [2.75, 3.05) is 0 Å². The van der Waals surface area contributed by atoms with E-state index in [9.17, 15) is 9.18 Å². The van der Waals surface area contributed by atoms with Gasteiger partial charge in [0.05, 0.1) is 0 Å². The number of carbonyl (C=O) groups is 1. The maximum atomic E-state index is 12.8. The van der Waals surface area contributed by atoms with Crippen LogP contribution in [0.3, 0.4) is 0 Å². The molecule has 2 nitrogen and oxygen atoms in total. The van der Waals surface area contributed by atoms with Gasteiger partial charge in [-0.2, -0.15) is 4.39 Å². The van der Waals surface area contributed by atoms with Crippen LogP contribution in [0.2, 0.25) is 0 Å². The van der Waals surface area contributed by atoms with E-state index >= 15 is 0 Å². The van der Waals surface area contributed by atoms with E-state index in [1.807, 2.05) is 0 Å². The van der Waals surface area contributed by atoms with Gasteiger partial charge in [-0.25, -0.2) is 4.98 Å². The zero-order chi connectivity index (χ0) is 8.27. The molecule has 0 saturated carbocycles. The van der Waals surface area contributed by atoms with Crippen LogP contribution in [0, 0.1) is 5.95 Å². The van der Waals surface area contributed by atoms with E-state index < -0.39 is 5.95 Å². The standard InChI is InChI=1S/C8H8FNO/c1-2-7-6(5-11)3-4-10-8(7)9/h3-5H,2H2,1H3. The lowest BCUT2D eigenvalue weighted by Gasteiger charge is -1.99. The number of aldehydes is 1. The van der Waals surface area contributed by atoms with Crippen LogP contribution in [0.1, 0.15) is 22.8 Å². The van der Waals surface area contributed by atoms with Crippen molar-refractivity contribution < 1.29 is 9.18 Å². The summed E-state index contributed by atoms with van der Waals surface area (Å²) in [6.07, 6.45) is 2.43. The fourth-order valence-electron chi connectivity index (χ4n) is 0.941. The number of pyridine rings is 1. The smallest absolute Gasteiger partial charge is 0.216 e. The average Bonchev–Trinajstić information content (AvgIpc) is 2.04. The van der Waals surface area contributed by atoms with Crippen LogP contribution in [-0.4, -0.2) is 11.3 Å². The normalized spacial score (nSPS) is 9.64. The Balaban J connectivity index is 3.23. The van der Waals surface area contributed by atoms with E-state index in [1.165, 1.54) is 12.3 Å². The van der Waals surface area contributed by atoms with Gasteiger partial charge in [0.2, 0.25) is 5.95 Å². The number of carbonyl (C=O) groups excluding carboxylic acids is 1. The Morgan fingerprint density at radius 1 is 1.73 bits per heavy atom. The summed E-state index contributed by atoms with van der Waals surface area (Å²) in [6, 6.07) is 1.51. The number of aromatic nitrogens is 1. The molecule has 0 radical (unpaired) electrons. The second-order valence-electron chi connectivity index (χ2n) is 2.14. The molecule has 1 rings (SSSR count). The summed E-state index contributed by atoms with van der Waals surface area (Å²) in [5.41, 5.74) is 0.780. The first-order valence-corrected chi connectivity index (χ1v) is 3.38. The Morgan fingerprint density at radius 3 is 2.91 bits per heavy atom. The molecule has 0 aliphatic rings. The minimum atomic E-state index is -0.544. The van der Waals surface area contributed by atoms with Crippen LogP contribution in [0.15, 0.2) is 12.3 Å². The predicted molar refractivity (Wildman–Crippen MR) is 39.0 cm³/mol. The summed E-state index contributed by atoms with van der Waals surface area (Å²) < 4.78 is 12.8. The zero-order valence-electron chi connectivity index (χ0n) is 6.17. The van der Waals surface area contributed by atoms with Gasteiger partial charge >= 0.3 is 0 Å². The third-order valence-electron chi connectivity index (χ3n) is 1.52. The summed E-state index contributed by atoms with van der Waals surface area (Å²) in [5, 5.41) is 0. The number of hydrogen-bond donors (Lipinski definition) is 0. The molecule has 1 aromatic heterocycles. The number of nitrogens with zero attached hydrogens (tertiary/aromatic N) is 1. The van der Waals surface area contributed by atoms with Crippen LogP contribution >= 0.6 is 0 Å². The van der Waals surface area contributed by atoms with Crippen molar-refractivity contribution in [3.63, 3.8) is 0 Å². The highest BCUT2D eigenvalue weighted by Crippen LogP contribution is 2.09. The number of halogens is 1. The van der Waals surface area contributed by atoms with Crippen LogP contribution in [-0.2, 0) is 6.42 Å². The molecule has 0 bridgehead atoms. The van der Waals surface area contributed by atoms with Crippen molar-refractivity contribution in [3.8, 4) is 0 Å². The van der Waals surface area contributed by atoms with Crippen molar-refractivity contribution >= 4 is 6.29 Å². The molecule has 0 unspecified atom stereocenters. The first kappa shape index (κ1) is 7.85.